The molecular weight excluding hydrogens is 342 g/mol. The topological polar surface area (TPSA) is 123 Å². The van der Waals surface area contributed by atoms with Gasteiger partial charge in [-0.1, -0.05) is 30.3 Å². The molecule has 0 aliphatic carbocycles. The summed E-state index contributed by atoms with van der Waals surface area (Å²) in [6.07, 6.45) is 0.557. The van der Waals surface area contributed by atoms with Gasteiger partial charge in [0.05, 0.1) is 0 Å². The van der Waals surface area contributed by atoms with Gasteiger partial charge in [0.15, 0.2) is 12.4 Å². The van der Waals surface area contributed by atoms with Crippen LogP contribution in [-0.4, -0.2) is 39.5 Å². The maximum Gasteiger partial charge on any atom is 0.366 e. The Morgan fingerprint density at radius 2 is 2.04 bits per heavy atom. The lowest BCUT2D eigenvalue weighted by atomic mass is 10.0. The average Bonchev–Trinajstić information content (AvgIpc) is 2.63. The van der Waals surface area contributed by atoms with Crippen LogP contribution in [0.25, 0.3) is 0 Å². The van der Waals surface area contributed by atoms with Gasteiger partial charge in [0.2, 0.25) is 0 Å². The van der Waals surface area contributed by atoms with E-state index in [1.165, 1.54) is 6.07 Å². The number of hydrogen-bond donors (Lipinski definition) is 1. The predicted octanol–water partition coefficient (Wildman–Crippen LogP) is 1.80. The smallest absolute Gasteiger partial charge is 0.366 e. The Bertz CT molecular complexity index is 855. The van der Waals surface area contributed by atoms with Crippen molar-refractivity contribution in [2.24, 2.45) is 0 Å². The summed E-state index contributed by atoms with van der Waals surface area (Å²) in [5, 5.41) is 20.6. The molecule has 0 fully saturated rings. The van der Waals surface area contributed by atoms with Gasteiger partial charge in [-0.05, 0) is 34.4 Å². The molecule has 1 aliphatic heterocycles. The lowest BCUT2D eigenvalue weighted by Crippen LogP contribution is -2.50. The summed E-state index contributed by atoms with van der Waals surface area (Å²) < 4.78 is 5.22. The molecule has 1 amide bonds. The lowest BCUT2D eigenvalue weighted by Gasteiger charge is -2.30. The zero-order chi connectivity index (χ0) is 18.7. The number of fused-ring (bicyclic) bond motifs is 1. The van der Waals surface area contributed by atoms with Crippen LogP contribution < -0.4 is 9.64 Å². The molecule has 0 saturated heterocycles. The van der Waals surface area contributed by atoms with Gasteiger partial charge in [-0.2, -0.15) is 0 Å². The van der Waals surface area contributed by atoms with Crippen LogP contribution >= 0.6 is 0 Å². The average molecular weight is 357 g/mol. The van der Waals surface area contributed by atoms with Gasteiger partial charge in [-0.3, -0.25) is 9.69 Å². The van der Waals surface area contributed by atoms with E-state index in [2.05, 4.69) is 4.98 Å². The molecule has 1 aromatic heterocycles. The van der Waals surface area contributed by atoms with Crippen molar-refractivity contribution in [2.75, 3.05) is 11.5 Å². The van der Waals surface area contributed by atoms with Gasteiger partial charge in [-0.25, -0.2) is 4.79 Å². The molecule has 3 rings (SSSR count). The number of aliphatic carboxylic acids is 1. The number of nitro groups is 1. The summed E-state index contributed by atoms with van der Waals surface area (Å²) in [7, 11) is 0. The molecule has 1 aliphatic rings. The van der Waals surface area contributed by atoms with E-state index in [0.717, 1.165) is 16.5 Å². The number of nitrogens with zero attached hydrogens (tertiary/aromatic N) is 3. The molecule has 0 radical (unpaired) electrons. The zero-order valence-electron chi connectivity index (χ0n) is 13.6. The number of carbonyl (C=O) groups excluding carboxylic acids is 1. The van der Waals surface area contributed by atoms with E-state index in [0.29, 0.717) is 6.42 Å². The quantitative estimate of drug-likeness (QED) is 0.617. The number of amides is 1. The highest BCUT2D eigenvalue weighted by atomic mass is 16.6. The van der Waals surface area contributed by atoms with Crippen molar-refractivity contribution in [1.29, 1.82) is 0 Å². The van der Waals surface area contributed by atoms with Gasteiger partial charge in [0.25, 0.3) is 11.7 Å². The van der Waals surface area contributed by atoms with Gasteiger partial charge in [0, 0.05) is 6.07 Å². The molecular formula is C17H15N3O6. The highest BCUT2D eigenvalue weighted by Gasteiger charge is 2.40. The van der Waals surface area contributed by atoms with E-state index < -0.39 is 28.7 Å². The first-order valence-electron chi connectivity index (χ1n) is 7.84. The van der Waals surface area contributed by atoms with E-state index in [9.17, 15) is 24.8 Å². The second-order valence-corrected chi connectivity index (χ2v) is 5.68. The SMILES string of the molecule is O=C(O)C(CCc1ccccc1)N1C(=O)COc2ccc([N+](=O)[O-])nc21. The Hall–Kier alpha value is -3.49. The highest BCUT2D eigenvalue weighted by molar-refractivity contribution is 6.01. The van der Waals surface area contributed by atoms with Crippen LogP contribution in [0.1, 0.15) is 12.0 Å². The number of hydrogen-bond acceptors (Lipinski definition) is 6. The predicted molar refractivity (Wildman–Crippen MR) is 90.1 cm³/mol. The molecule has 134 valence electrons. The van der Waals surface area contributed by atoms with E-state index in [1.807, 2.05) is 30.3 Å². The summed E-state index contributed by atoms with van der Waals surface area (Å²) in [4.78, 5) is 39.2. The lowest BCUT2D eigenvalue weighted by molar-refractivity contribution is -0.389. The van der Waals surface area contributed by atoms with E-state index >= 15 is 0 Å². The molecule has 9 heteroatoms. The Labute approximate surface area is 148 Å². The molecule has 1 N–H and O–H groups in total. The highest BCUT2D eigenvalue weighted by Crippen LogP contribution is 2.34. The third-order valence-electron chi connectivity index (χ3n) is 4.01. The fraction of sp³-hybridized carbons (Fsp3) is 0.235. The molecule has 0 bridgehead atoms. The number of aromatic nitrogens is 1. The summed E-state index contributed by atoms with van der Waals surface area (Å²) in [6.45, 7) is -0.346. The maximum atomic E-state index is 12.3. The fourth-order valence-corrected chi connectivity index (χ4v) is 2.77. The Morgan fingerprint density at radius 3 is 2.69 bits per heavy atom. The molecule has 1 atom stereocenters. The van der Waals surface area contributed by atoms with E-state index in [4.69, 9.17) is 4.74 Å². The van der Waals surface area contributed by atoms with Crippen LogP contribution in [0.2, 0.25) is 0 Å². The summed E-state index contributed by atoms with van der Waals surface area (Å²) in [5.74, 6) is -2.31. The second kappa shape index (κ2) is 7.18. The Kier molecular flexibility index (Phi) is 4.78. The molecule has 2 aromatic rings. The molecule has 1 unspecified atom stereocenters. The van der Waals surface area contributed by atoms with Crippen LogP contribution in [0, 0.1) is 10.1 Å². The zero-order valence-corrected chi connectivity index (χ0v) is 13.6. The van der Waals surface area contributed by atoms with Crippen molar-refractivity contribution < 1.29 is 24.4 Å². The first-order chi connectivity index (χ1) is 12.5. The van der Waals surface area contributed by atoms with Crippen molar-refractivity contribution >= 4 is 23.5 Å². The minimum atomic E-state index is -1.21. The van der Waals surface area contributed by atoms with Crippen LogP contribution in [0.4, 0.5) is 11.6 Å². The van der Waals surface area contributed by atoms with E-state index in [1.54, 1.807) is 0 Å². The van der Waals surface area contributed by atoms with Gasteiger partial charge in [-0.15, -0.1) is 0 Å². The number of benzene rings is 1. The van der Waals surface area contributed by atoms with Crippen molar-refractivity contribution in [1.82, 2.24) is 4.98 Å². The van der Waals surface area contributed by atoms with Crippen molar-refractivity contribution in [2.45, 2.75) is 18.9 Å². The number of carboxylic acid groups (broad SMARTS) is 1. The molecule has 0 saturated carbocycles. The van der Waals surface area contributed by atoms with Gasteiger partial charge in [0.1, 0.15) is 6.04 Å². The first-order valence-corrected chi connectivity index (χ1v) is 7.84. The minimum Gasteiger partial charge on any atom is -0.480 e. The van der Waals surface area contributed by atoms with Crippen LogP contribution in [0.5, 0.6) is 5.75 Å². The number of ether oxygens (including phenoxy) is 1. The largest absolute Gasteiger partial charge is 0.480 e. The normalized spacial score (nSPS) is 14.3. The van der Waals surface area contributed by atoms with Crippen molar-refractivity contribution in [3.63, 3.8) is 0 Å². The Balaban J connectivity index is 1.93. The molecule has 0 spiro atoms. The van der Waals surface area contributed by atoms with Crippen LogP contribution in [0.15, 0.2) is 42.5 Å². The number of rotatable bonds is 6. The molecule has 26 heavy (non-hydrogen) atoms. The van der Waals surface area contributed by atoms with Crippen LogP contribution in [-0.2, 0) is 16.0 Å². The monoisotopic (exact) mass is 357 g/mol. The first kappa shape index (κ1) is 17.3. The second-order valence-electron chi connectivity index (χ2n) is 5.68. The summed E-state index contributed by atoms with van der Waals surface area (Å²) in [6, 6.07) is 10.5. The summed E-state index contributed by atoms with van der Waals surface area (Å²) in [5.41, 5.74) is 0.923. The third-order valence-corrected chi connectivity index (χ3v) is 4.01. The maximum absolute atomic E-state index is 12.3. The Morgan fingerprint density at radius 1 is 1.31 bits per heavy atom. The van der Waals surface area contributed by atoms with Crippen molar-refractivity contribution in [3.05, 3.63) is 58.1 Å². The molecule has 2 heterocycles. The standard InChI is InChI=1S/C17H15N3O6/c21-15-10-26-13-8-9-14(20(24)25)18-16(13)19(15)12(17(22)23)7-6-11-4-2-1-3-5-11/h1-5,8-9,12H,6-7,10H2,(H,22,23). The molecule has 1 aromatic carbocycles. The number of aryl methyl sites for hydroxylation is 1. The number of carboxylic acids is 1. The van der Waals surface area contributed by atoms with Crippen LogP contribution in [0.3, 0.4) is 0 Å². The molecule has 9 nitrogen and oxygen atoms in total. The number of carbonyl (C=O) groups is 2. The fourth-order valence-electron chi connectivity index (χ4n) is 2.77. The number of pyridine rings is 1. The third kappa shape index (κ3) is 3.46. The number of anilines is 1. The van der Waals surface area contributed by atoms with Crippen molar-refractivity contribution in [3.8, 4) is 5.75 Å². The van der Waals surface area contributed by atoms with Gasteiger partial charge < -0.3 is 20.0 Å². The minimum absolute atomic E-state index is 0.134. The van der Waals surface area contributed by atoms with Gasteiger partial charge >= 0.3 is 11.8 Å². The summed E-state index contributed by atoms with van der Waals surface area (Å²) >= 11 is 0. The van der Waals surface area contributed by atoms with E-state index in [-0.39, 0.29) is 24.6 Å².